The van der Waals surface area contributed by atoms with Crippen LogP contribution in [0.1, 0.15) is 39.0 Å². The van der Waals surface area contributed by atoms with Crippen molar-refractivity contribution in [1.82, 2.24) is 19.6 Å². The number of carbonyl (C=O) groups excluding carboxylic acids is 3. The lowest BCUT2D eigenvalue weighted by Gasteiger charge is -2.17. The Kier molecular flexibility index (Phi) is 4.81. The van der Waals surface area contributed by atoms with Crippen LogP contribution in [0.5, 0.6) is 0 Å². The Labute approximate surface area is 161 Å². The van der Waals surface area contributed by atoms with Crippen molar-refractivity contribution in [3.63, 3.8) is 0 Å². The van der Waals surface area contributed by atoms with Crippen LogP contribution >= 0.6 is 0 Å². The van der Waals surface area contributed by atoms with E-state index in [0.717, 1.165) is 0 Å². The summed E-state index contributed by atoms with van der Waals surface area (Å²) in [5.41, 5.74) is 0.879. The van der Waals surface area contributed by atoms with Gasteiger partial charge in [-0.15, -0.1) is 0 Å². The third-order valence-electron chi connectivity index (χ3n) is 4.33. The van der Waals surface area contributed by atoms with Gasteiger partial charge in [0.15, 0.2) is 0 Å². The van der Waals surface area contributed by atoms with E-state index in [1.165, 1.54) is 30.7 Å². The van der Waals surface area contributed by atoms with Crippen LogP contribution in [0.25, 0.3) is 0 Å². The Morgan fingerprint density at radius 1 is 1.14 bits per heavy atom. The quantitative estimate of drug-likeness (QED) is 0.715. The van der Waals surface area contributed by atoms with Crippen molar-refractivity contribution in [2.24, 2.45) is 7.05 Å². The van der Waals surface area contributed by atoms with Gasteiger partial charge in [0.2, 0.25) is 10.0 Å². The molecule has 2 amide bonds. The molecule has 1 aliphatic heterocycles. The van der Waals surface area contributed by atoms with Crippen LogP contribution in [-0.4, -0.2) is 47.1 Å². The van der Waals surface area contributed by atoms with Crippen LogP contribution in [-0.2, 0) is 26.7 Å². The lowest BCUT2D eigenvalue weighted by molar-refractivity contribution is -0.170. The second-order valence-corrected chi connectivity index (χ2v) is 7.98. The first kappa shape index (κ1) is 19.7. The van der Waals surface area contributed by atoms with Gasteiger partial charge in [-0.3, -0.25) is 14.3 Å². The molecule has 1 unspecified atom stereocenters. The summed E-state index contributed by atoms with van der Waals surface area (Å²) in [6.07, 6.45) is 0. The molecule has 0 bridgehead atoms. The standard InChI is InChI=1S/C17H18N4O6S/c1-9-14(11(3)20(4)18-9)28(25,26)19-10(2)17(24)27-21-15(22)12-7-5-6-8-13(12)16(21)23/h5-8,10,19H,1-4H3. The minimum atomic E-state index is -4.08. The molecule has 2 heterocycles. The highest BCUT2D eigenvalue weighted by atomic mass is 32.2. The Morgan fingerprint density at radius 2 is 1.68 bits per heavy atom. The highest BCUT2D eigenvalue weighted by molar-refractivity contribution is 7.89. The van der Waals surface area contributed by atoms with Gasteiger partial charge in [-0.25, -0.2) is 13.2 Å². The van der Waals surface area contributed by atoms with E-state index >= 15 is 0 Å². The number of nitrogens with one attached hydrogen (secondary N) is 1. The molecule has 1 N–H and O–H groups in total. The van der Waals surface area contributed by atoms with Gasteiger partial charge in [-0.2, -0.15) is 9.82 Å². The largest absolute Gasteiger partial charge is 0.350 e. The number of fused-ring (bicyclic) bond motifs is 1. The highest BCUT2D eigenvalue weighted by Crippen LogP contribution is 2.23. The molecule has 1 aromatic carbocycles. The average molecular weight is 406 g/mol. The number of hydrogen-bond donors (Lipinski definition) is 1. The normalized spacial score (nSPS) is 14.9. The van der Waals surface area contributed by atoms with Crippen LogP contribution in [0, 0.1) is 13.8 Å². The molecule has 1 atom stereocenters. The zero-order chi connectivity index (χ0) is 20.8. The smallest absolute Gasteiger partial charge is 0.328 e. The molecule has 0 saturated heterocycles. The van der Waals surface area contributed by atoms with Crippen LogP contribution in [0.4, 0.5) is 0 Å². The van der Waals surface area contributed by atoms with Crippen molar-refractivity contribution < 1.29 is 27.6 Å². The number of benzene rings is 1. The van der Waals surface area contributed by atoms with Crippen molar-refractivity contribution in [3.8, 4) is 0 Å². The third-order valence-corrected chi connectivity index (χ3v) is 6.13. The minimum absolute atomic E-state index is 0.0459. The van der Waals surface area contributed by atoms with Crippen LogP contribution < -0.4 is 4.72 Å². The summed E-state index contributed by atoms with van der Waals surface area (Å²) < 4.78 is 28.8. The van der Waals surface area contributed by atoms with Gasteiger partial charge in [-0.1, -0.05) is 17.2 Å². The number of hydroxylamine groups is 2. The predicted octanol–water partition coefficient (Wildman–Crippen LogP) is 0.458. The fourth-order valence-electron chi connectivity index (χ4n) is 2.90. The van der Waals surface area contributed by atoms with E-state index in [0.29, 0.717) is 10.8 Å². The van der Waals surface area contributed by atoms with E-state index in [1.807, 2.05) is 0 Å². The first-order valence-electron chi connectivity index (χ1n) is 8.26. The predicted molar refractivity (Wildman–Crippen MR) is 95.5 cm³/mol. The zero-order valence-electron chi connectivity index (χ0n) is 15.6. The number of aromatic nitrogens is 2. The lowest BCUT2D eigenvalue weighted by atomic mass is 10.1. The molecular weight excluding hydrogens is 388 g/mol. The number of imide groups is 1. The SMILES string of the molecule is Cc1nn(C)c(C)c1S(=O)(=O)NC(C)C(=O)ON1C(=O)c2ccccc2C1=O. The fraction of sp³-hybridized carbons (Fsp3) is 0.294. The second-order valence-electron chi connectivity index (χ2n) is 6.33. The number of rotatable bonds is 5. The average Bonchev–Trinajstić information content (AvgIpc) is 3.02. The molecule has 1 aliphatic rings. The molecule has 0 aliphatic carbocycles. The molecule has 11 heteroatoms. The Hall–Kier alpha value is -3.05. The molecule has 0 radical (unpaired) electrons. The third kappa shape index (κ3) is 3.18. The maximum atomic E-state index is 12.6. The van der Waals surface area contributed by atoms with E-state index < -0.39 is 33.8 Å². The fourth-order valence-corrected chi connectivity index (χ4v) is 4.53. The van der Waals surface area contributed by atoms with Gasteiger partial charge >= 0.3 is 5.97 Å². The summed E-state index contributed by atoms with van der Waals surface area (Å²) >= 11 is 0. The monoisotopic (exact) mass is 406 g/mol. The number of carbonyl (C=O) groups is 3. The maximum Gasteiger partial charge on any atom is 0.350 e. The topological polar surface area (TPSA) is 128 Å². The van der Waals surface area contributed by atoms with Crippen molar-refractivity contribution in [2.75, 3.05) is 0 Å². The summed E-state index contributed by atoms with van der Waals surface area (Å²) in [5.74, 6) is -2.68. The Balaban J connectivity index is 1.75. The number of aryl methyl sites for hydroxylation is 2. The van der Waals surface area contributed by atoms with Gasteiger partial charge in [-0.05, 0) is 32.9 Å². The first-order valence-corrected chi connectivity index (χ1v) is 9.75. The van der Waals surface area contributed by atoms with Crippen LogP contribution in [0.15, 0.2) is 29.2 Å². The first-order chi connectivity index (χ1) is 13.0. The molecule has 0 fully saturated rings. The number of amides is 2. The summed E-state index contributed by atoms with van der Waals surface area (Å²) in [6.45, 7) is 4.36. The maximum absolute atomic E-state index is 12.6. The molecule has 3 rings (SSSR count). The van der Waals surface area contributed by atoms with Crippen molar-refractivity contribution in [3.05, 3.63) is 46.8 Å². The molecule has 28 heavy (non-hydrogen) atoms. The summed E-state index contributed by atoms with van der Waals surface area (Å²) in [4.78, 5) is 41.6. The zero-order valence-corrected chi connectivity index (χ0v) is 16.4. The van der Waals surface area contributed by atoms with Crippen molar-refractivity contribution >= 4 is 27.8 Å². The van der Waals surface area contributed by atoms with Gasteiger partial charge in [0.05, 0.1) is 22.5 Å². The summed E-state index contributed by atoms with van der Waals surface area (Å²) in [7, 11) is -2.48. The molecule has 2 aromatic rings. The van der Waals surface area contributed by atoms with E-state index in [-0.39, 0.29) is 21.7 Å². The van der Waals surface area contributed by atoms with Crippen LogP contribution in [0.3, 0.4) is 0 Å². The van der Waals surface area contributed by atoms with Crippen molar-refractivity contribution in [1.29, 1.82) is 0 Å². The Morgan fingerprint density at radius 3 is 2.14 bits per heavy atom. The number of sulfonamides is 1. The van der Waals surface area contributed by atoms with E-state index in [1.54, 1.807) is 26.1 Å². The molecule has 0 saturated carbocycles. The molecule has 0 spiro atoms. The number of nitrogens with zero attached hydrogens (tertiary/aromatic N) is 3. The minimum Gasteiger partial charge on any atom is -0.328 e. The van der Waals surface area contributed by atoms with Gasteiger partial charge < -0.3 is 4.84 Å². The molecule has 148 valence electrons. The molecule has 10 nitrogen and oxygen atoms in total. The summed E-state index contributed by atoms with van der Waals surface area (Å²) in [5, 5.41) is 4.37. The summed E-state index contributed by atoms with van der Waals surface area (Å²) in [6, 6.07) is 4.66. The van der Waals surface area contributed by atoms with E-state index in [9.17, 15) is 22.8 Å². The highest BCUT2D eigenvalue weighted by Gasteiger charge is 2.40. The van der Waals surface area contributed by atoms with Crippen LogP contribution in [0.2, 0.25) is 0 Å². The second kappa shape index (κ2) is 6.84. The lowest BCUT2D eigenvalue weighted by Crippen LogP contribution is -2.44. The van der Waals surface area contributed by atoms with E-state index in [2.05, 4.69) is 9.82 Å². The molecule has 1 aromatic heterocycles. The van der Waals surface area contributed by atoms with Gasteiger partial charge in [0, 0.05) is 7.05 Å². The van der Waals surface area contributed by atoms with E-state index in [4.69, 9.17) is 4.84 Å². The van der Waals surface area contributed by atoms with Gasteiger partial charge in [0.25, 0.3) is 11.8 Å². The number of hydrogen-bond acceptors (Lipinski definition) is 7. The van der Waals surface area contributed by atoms with Gasteiger partial charge in [0.1, 0.15) is 10.9 Å². The molecular formula is C17H18N4O6S. The Bertz CT molecular complexity index is 1070. The van der Waals surface area contributed by atoms with Crippen molar-refractivity contribution in [2.45, 2.75) is 31.7 Å².